The third kappa shape index (κ3) is 4.81. The van der Waals surface area contributed by atoms with Crippen molar-refractivity contribution in [3.8, 4) is 0 Å². The molecule has 1 aliphatic heterocycles. The molecule has 9 heteroatoms. The summed E-state index contributed by atoms with van der Waals surface area (Å²) in [5, 5.41) is 17.4. The molecule has 2 unspecified atom stereocenters. The van der Waals surface area contributed by atoms with Crippen molar-refractivity contribution in [2.45, 2.75) is 19.0 Å². The third-order valence-corrected chi connectivity index (χ3v) is 4.93. The fraction of sp³-hybridized carbons (Fsp3) is 0.238. The van der Waals surface area contributed by atoms with Crippen LogP contribution in [0, 0.1) is 5.92 Å². The Labute approximate surface area is 173 Å². The molecule has 2 atom stereocenters. The number of hydrogen-bond acceptors (Lipinski definition) is 5. The Kier molecular flexibility index (Phi) is 6.43. The van der Waals surface area contributed by atoms with Crippen molar-refractivity contribution in [3.05, 3.63) is 71.3 Å². The van der Waals surface area contributed by atoms with E-state index in [0.29, 0.717) is 13.0 Å². The maximum atomic E-state index is 13.0. The maximum absolute atomic E-state index is 13.0. The van der Waals surface area contributed by atoms with Crippen molar-refractivity contribution >= 4 is 23.6 Å². The van der Waals surface area contributed by atoms with E-state index in [1.54, 1.807) is 30.3 Å². The summed E-state index contributed by atoms with van der Waals surface area (Å²) >= 11 is 0. The number of carboxylic acids is 1. The van der Waals surface area contributed by atoms with Gasteiger partial charge >= 0.3 is 5.97 Å². The molecule has 6 N–H and O–H groups in total. The molecule has 3 rings (SSSR count). The third-order valence-electron chi connectivity index (χ3n) is 4.93. The molecule has 0 radical (unpaired) electrons. The first-order chi connectivity index (χ1) is 14.4. The smallest absolute Gasteiger partial charge is 0.315 e. The Bertz CT molecular complexity index is 972. The number of benzene rings is 2. The van der Waals surface area contributed by atoms with Crippen LogP contribution < -0.4 is 16.8 Å². The van der Waals surface area contributed by atoms with Crippen LogP contribution >= 0.6 is 0 Å². The fourth-order valence-electron chi connectivity index (χ4n) is 3.52. The minimum Gasteiger partial charge on any atom is -0.481 e. The number of guanidine groups is 1. The van der Waals surface area contributed by atoms with E-state index in [1.807, 2.05) is 24.3 Å². The number of hydrazone groups is 1. The number of carboxylic acid groups (broad SMARTS) is 1. The molecule has 30 heavy (non-hydrogen) atoms. The highest BCUT2D eigenvalue weighted by molar-refractivity contribution is 6.03. The molecule has 0 aliphatic carbocycles. The SMILES string of the molecule is NC(N)=NN(CC(=O)C(C(=O)O)C1Cc2ccccc2CN1)C(=O)c1ccccc1. The summed E-state index contributed by atoms with van der Waals surface area (Å²) in [7, 11) is 0. The van der Waals surface area contributed by atoms with E-state index in [4.69, 9.17) is 11.5 Å². The highest BCUT2D eigenvalue weighted by Gasteiger charge is 2.38. The number of nitrogens with two attached hydrogens (primary N) is 2. The second kappa shape index (κ2) is 9.19. The van der Waals surface area contributed by atoms with Crippen LogP contribution in [-0.4, -0.2) is 46.3 Å². The molecule has 0 spiro atoms. The normalized spacial score (nSPS) is 16.1. The number of nitrogens with zero attached hydrogens (tertiary/aromatic N) is 2. The monoisotopic (exact) mass is 409 g/mol. The van der Waals surface area contributed by atoms with Crippen molar-refractivity contribution < 1.29 is 19.5 Å². The number of nitrogens with one attached hydrogen (secondary N) is 1. The van der Waals surface area contributed by atoms with Crippen molar-refractivity contribution in [1.29, 1.82) is 0 Å². The molecule has 1 heterocycles. The van der Waals surface area contributed by atoms with Gasteiger partial charge in [-0.3, -0.25) is 14.4 Å². The molecule has 1 aliphatic rings. The Hall–Kier alpha value is -3.72. The average molecular weight is 409 g/mol. The zero-order valence-electron chi connectivity index (χ0n) is 16.2. The molecule has 2 aromatic carbocycles. The summed E-state index contributed by atoms with van der Waals surface area (Å²) in [6.07, 6.45) is 0.383. The van der Waals surface area contributed by atoms with Crippen LogP contribution in [-0.2, 0) is 22.6 Å². The first-order valence-electron chi connectivity index (χ1n) is 9.39. The minimum absolute atomic E-state index is 0.270. The maximum Gasteiger partial charge on any atom is 0.315 e. The van der Waals surface area contributed by atoms with Crippen LogP contribution in [0.25, 0.3) is 0 Å². The van der Waals surface area contributed by atoms with Gasteiger partial charge in [0.1, 0.15) is 12.5 Å². The predicted molar refractivity (Wildman–Crippen MR) is 110 cm³/mol. The second-order valence-corrected chi connectivity index (χ2v) is 7.00. The predicted octanol–water partition coefficient (Wildman–Crippen LogP) is 0.302. The van der Waals surface area contributed by atoms with Gasteiger partial charge in [0, 0.05) is 18.2 Å². The Morgan fingerprint density at radius 1 is 1.07 bits per heavy atom. The lowest BCUT2D eigenvalue weighted by molar-refractivity contribution is -0.147. The van der Waals surface area contributed by atoms with Gasteiger partial charge < -0.3 is 21.9 Å². The molecular formula is C21H23N5O4. The largest absolute Gasteiger partial charge is 0.481 e. The van der Waals surface area contributed by atoms with Crippen LogP contribution in [0.2, 0.25) is 0 Å². The van der Waals surface area contributed by atoms with Gasteiger partial charge in [0.05, 0.1) is 0 Å². The van der Waals surface area contributed by atoms with Gasteiger partial charge in [0.15, 0.2) is 5.78 Å². The van der Waals surface area contributed by atoms with Crippen molar-refractivity contribution in [3.63, 3.8) is 0 Å². The number of aliphatic carboxylic acids is 1. The van der Waals surface area contributed by atoms with E-state index < -0.39 is 42.1 Å². The van der Waals surface area contributed by atoms with Crippen molar-refractivity contribution in [1.82, 2.24) is 10.3 Å². The molecule has 0 aromatic heterocycles. The van der Waals surface area contributed by atoms with Crippen LogP contribution in [0.5, 0.6) is 0 Å². The number of hydrogen-bond donors (Lipinski definition) is 4. The quantitative estimate of drug-likeness (QED) is 0.222. The van der Waals surface area contributed by atoms with Gasteiger partial charge in [-0.25, -0.2) is 5.01 Å². The van der Waals surface area contributed by atoms with E-state index in [9.17, 15) is 19.5 Å². The lowest BCUT2D eigenvalue weighted by Crippen LogP contribution is -2.50. The number of carbonyl (C=O) groups is 3. The topological polar surface area (TPSA) is 151 Å². The fourth-order valence-corrected chi connectivity index (χ4v) is 3.52. The Morgan fingerprint density at radius 2 is 1.70 bits per heavy atom. The van der Waals surface area contributed by atoms with E-state index in [1.165, 1.54) is 0 Å². The summed E-state index contributed by atoms with van der Waals surface area (Å²) < 4.78 is 0. The van der Waals surface area contributed by atoms with Gasteiger partial charge in [-0.15, -0.1) is 5.10 Å². The zero-order valence-corrected chi connectivity index (χ0v) is 16.2. The van der Waals surface area contributed by atoms with E-state index >= 15 is 0 Å². The Morgan fingerprint density at radius 3 is 2.33 bits per heavy atom. The van der Waals surface area contributed by atoms with E-state index in [2.05, 4.69) is 10.4 Å². The number of ketones is 1. The summed E-state index contributed by atoms with van der Waals surface area (Å²) in [6, 6.07) is 15.2. The van der Waals surface area contributed by atoms with Gasteiger partial charge in [0.25, 0.3) is 5.91 Å². The molecular weight excluding hydrogens is 386 g/mol. The number of rotatable bonds is 7. The first-order valence-corrected chi connectivity index (χ1v) is 9.39. The summed E-state index contributed by atoms with van der Waals surface area (Å²) in [5.41, 5.74) is 13.1. The molecule has 0 bridgehead atoms. The molecule has 0 fully saturated rings. The van der Waals surface area contributed by atoms with E-state index in [0.717, 1.165) is 16.1 Å². The highest BCUT2D eigenvalue weighted by Crippen LogP contribution is 2.22. The molecule has 156 valence electrons. The van der Waals surface area contributed by atoms with Gasteiger partial charge in [-0.1, -0.05) is 42.5 Å². The molecule has 0 saturated heterocycles. The number of Topliss-reactive ketones (excluding diaryl/α,β-unsaturated/α-hetero) is 1. The first kappa shape index (κ1) is 21.0. The van der Waals surface area contributed by atoms with Crippen molar-refractivity contribution in [2.24, 2.45) is 22.5 Å². The molecule has 1 amide bonds. The summed E-state index contributed by atoms with van der Waals surface area (Å²) in [5.74, 6) is -4.33. The second-order valence-electron chi connectivity index (χ2n) is 7.00. The van der Waals surface area contributed by atoms with Crippen LogP contribution in [0.1, 0.15) is 21.5 Å². The summed E-state index contributed by atoms with van der Waals surface area (Å²) in [6.45, 7) is -0.110. The van der Waals surface area contributed by atoms with Gasteiger partial charge in [-0.05, 0) is 29.7 Å². The van der Waals surface area contributed by atoms with Crippen LogP contribution in [0.3, 0.4) is 0 Å². The molecule has 0 saturated carbocycles. The van der Waals surface area contributed by atoms with Gasteiger partial charge in [-0.2, -0.15) is 0 Å². The average Bonchev–Trinajstić information content (AvgIpc) is 2.73. The van der Waals surface area contributed by atoms with Crippen molar-refractivity contribution in [2.75, 3.05) is 6.54 Å². The summed E-state index contributed by atoms with van der Waals surface area (Å²) in [4.78, 5) is 37.6. The van der Waals surface area contributed by atoms with E-state index in [-0.39, 0.29) is 5.56 Å². The number of fused-ring (bicyclic) bond motifs is 1. The van der Waals surface area contributed by atoms with Crippen LogP contribution in [0.4, 0.5) is 0 Å². The standard InChI is InChI=1S/C21H23N5O4/c22-21(23)25-26(19(28)13-6-2-1-3-7-13)12-17(27)18(20(29)30)16-10-14-8-4-5-9-15(14)11-24-16/h1-9,16,18,24H,10-12H2,(H,29,30)(H4,22,23,25). The number of carbonyl (C=O) groups excluding carboxylic acids is 2. The lowest BCUT2D eigenvalue weighted by atomic mass is 9.85. The zero-order chi connectivity index (χ0) is 21.7. The Balaban J connectivity index is 1.81. The minimum atomic E-state index is -1.36. The van der Waals surface area contributed by atoms with Crippen LogP contribution in [0.15, 0.2) is 59.7 Å². The molecule has 9 nitrogen and oxygen atoms in total. The lowest BCUT2D eigenvalue weighted by Gasteiger charge is -2.30. The molecule has 2 aromatic rings. The van der Waals surface area contributed by atoms with Gasteiger partial charge in [0.2, 0.25) is 5.96 Å². The highest BCUT2D eigenvalue weighted by atomic mass is 16.4. The number of amides is 1.